The Morgan fingerprint density at radius 3 is 2.15 bits per heavy atom. The fourth-order valence-electron chi connectivity index (χ4n) is 2.49. The van der Waals surface area contributed by atoms with Crippen LogP contribution in [0.15, 0.2) is 78.9 Å². The average molecular weight is 362 g/mol. The zero-order valence-corrected chi connectivity index (χ0v) is 14.5. The molecule has 0 spiro atoms. The summed E-state index contributed by atoms with van der Waals surface area (Å²) in [5, 5.41) is 8.99. The van der Waals surface area contributed by atoms with Crippen molar-refractivity contribution in [1.29, 1.82) is 0 Å². The van der Waals surface area contributed by atoms with Gasteiger partial charge in [0.15, 0.2) is 5.78 Å². The minimum atomic E-state index is -1.02. The molecule has 0 aliphatic rings. The van der Waals surface area contributed by atoms with Crippen LogP contribution >= 0.6 is 0 Å². The van der Waals surface area contributed by atoms with Gasteiger partial charge in [0.2, 0.25) is 0 Å². The van der Waals surface area contributed by atoms with Crippen LogP contribution < -0.4 is 9.47 Å². The Balaban J connectivity index is 1.51. The van der Waals surface area contributed by atoms with Gasteiger partial charge in [0.1, 0.15) is 23.9 Å². The van der Waals surface area contributed by atoms with E-state index in [1.807, 2.05) is 30.3 Å². The lowest BCUT2D eigenvalue weighted by molar-refractivity contribution is -0.120. The molecule has 0 heterocycles. The maximum atomic E-state index is 12.1. The molecule has 0 saturated carbocycles. The number of carbonyl (C=O) groups is 2. The predicted octanol–water partition coefficient (Wildman–Crippen LogP) is 4.37. The number of aromatic carboxylic acids is 1. The standard InChI is InChI=1S/C22H18O5/c23-18(14-16-5-4-6-17(13-16)22(24)25)15-26-19-9-11-21(12-10-19)27-20-7-2-1-3-8-20/h1-13H,14-15H2,(H,24,25). The van der Waals surface area contributed by atoms with Crippen molar-refractivity contribution in [1.82, 2.24) is 0 Å². The summed E-state index contributed by atoms with van der Waals surface area (Å²) in [5.74, 6) is 0.818. The lowest BCUT2D eigenvalue weighted by Crippen LogP contribution is -2.14. The van der Waals surface area contributed by atoms with E-state index in [2.05, 4.69) is 0 Å². The van der Waals surface area contributed by atoms with Crippen LogP contribution in [0.25, 0.3) is 0 Å². The summed E-state index contributed by atoms with van der Waals surface area (Å²) in [4.78, 5) is 23.1. The lowest BCUT2D eigenvalue weighted by atomic mass is 10.1. The molecule has 136 valence electrons. The van der Waals surface area contributed by atoms with Crippen LogP contribution in [0.2, 0.25) is 0 Å². The van der Waals surface area contributed by atoms with Crippen molar-refractivity contribution in [3.05, 3.63) is 90.0 Å². The number of carboxylic acids is 1. The van der Waals surface area contributed by atoms with Crippen LogP contribution in [0.4, 0.5) is 0 Å². The molecule has 3 aromatic rings. The van der Waals surface area contributed by atoms with E-state index in [0.29, 0.717) is 17.1 Å². The average Bonchev–Trinajstić information content (AvgIpc) is 2.68. The number of hydrogen-bond donors (Lipinski definition) is 1. The van der Waals surface area contributed by atoms with Crippen LogP contribution in [0.3, 0.4) is 0 Å². The van der Waals surface area contributed by atoms with E-state index in [9.17, 15) is 9.59 Å². The summed E-state index contributed by atoms with van der Waals surface area (Å²) in [5.41, 5.74) is 0.810. The molecule has 0 atom stereocenters. The third-order valence-corrected chi connectivity index (χ3v) is 3.78. The molecule has 0 amide bonds. The van der Waals surface area contributed by atoms with Crippen LogP contribution in [-0.4, -0.2) is 23.5 Å². The predicted molar refractivity (Wildman–Crippen MR) is 101 cm³/mol. The zero-order chi connectivity index (χ0) is 19.1. The first-order chi connectivity index (χ1) is 13.1. The smallest absolute Gasteiger partial charge is 0.335 e. The van der Waals surface area contributed by atoms with Gasteiger partial charge in [-0.25, -0.2) is 4.79 Å². The van der Waals surface area contributed by atoms with E-state index < -0.39 is 5.97 Å². The Hall–Kier alpha value is -3.60. The summed E-state index contributed by atoms with van der Waals surface area (Å²) >= 11 is 0. The maximum Gasteiger partial charge on any atom is 0.335 e. The molecule has 3 aromatic carbocycles. The van der Waals surface area contributed by atoms with Crippen molar-refractivity contribution in [2.24, 2.45) is 0 Å². The number of ether oxygens (including phenoxy) is 2. The van der Waals surface area contributed by atoms with E-state index in [4.69, 9.17) is 14.6 Å². The van der Waals surface area contributed by atoms with Crippen LogP contribution in [0.1, 0.15) is 15.9 Å². The van der Waals surface area contributed by atoms with Crippen molar-refractivity contribution in [2.75, 3.05) is 6.61 Å². The van der Waals surface area contributed by atoms with Gasteiger partial charge in [0.25, 0.3) is 0 Å². The topological polar surface area (TPSA) is 72.8 Å². The van der Waals surface area contributed by atoms with Crippen LogP contribution in [0, 0.1) is 0 Å². The van der Waals surface area contributed by atoms with E-state index in [1.165, 1.54) is 12.1 Å². The molecule has 0 fully saturated rings. The summed E-state index contributed by atoms with van der Waals surface area (Å²) in [6.07, 6.45) is 0.121. The van der Waals surface area contributed by atoms with Crippen molar-refractivity contribution in [2.45, 2.75) is 6.42 Å². The van der Waals surface area contributed by atoms with Gasteiger partial charge in [-0.05, 0) is 54.1 Å². The Bertz CT molecular complexity index is 917. The van der Waals surface area contributed by atoms with Gasteiger partial charge in [-0.2, -0.15) is 0 Å². The monoisotopic (exact) mass is 362 g/mol. The Morgan fingerprint density at radius 2 is 1.44 bits per heavy atom. The number of rotatable bonds is 8. The van der Waals surface area contributed by atoms with Gasteiger partial charge < -0.3 is 14.6 Å². The van der Waals surface area contributed by atoms with Crippen molar-refractivity contribution in [3.8, 4) is 17.2 Å². The maximum absolute atomic E-state index is 12.1. The molecular formula is C22H18O5. The summed E-state index contributed by atoms with van der Waals surface area (Å²) in [6.45, 7) is -0.0871. The molecular weight excluding hydrogens is 344 g/mol. The Labute approximate surface area is 156 Å². The minimum absolute atomic E-state index is 0.0871. The lowest BCUT2D eigenvalue weighted by Gasteiger charge is -2.08. The fourth-order valence-corrected chi connectivity index (χ4v) is 2.49. The van der Waals surface area contributed by atoms with Crippen molar-refractivity contribution in [3.63, 3.8) is 0 Å². The summed E-state index contributed by atoms with van der Waals surface area (Å²) < 4.78 is 11.2. The highest BCUT2D eigenvalue weighted by atomic mass is 16.5. The number of carboxylic acid groups (broad SMARTS) is 1. The largest absolute Gasteiger partial charge is 0.486 e. The number of Topliss-reactive ketones (excluding diaryl/α,β-unsaturated/α-hetero) is 1. The minimum Gasteiger partial charge on any atom is -0.486 e. The molecule has 0 radical (unpaired) electrons. The molecule has 0 unspecified atom stereocenters. The summed E-state index contributed by atoms with van der Waals surface area (Å²) in [6, 6.07) is 22.8. The first kappa shape index (κ1) is 18.2. The van der Waals surface area contributed by atoms with Crippen LogP contribution in [0.5, 0.6) is 17.2 Å². The highest BCUT2D eigenvalue weighted by molar-refractivity contribution is 5.88. The first-order valence-corrected chi connectivity index (χ1v) is 8.40. The number of ketones is 1. The number of benzene rings is 3. The Kier molecular flexibility index (Phi) is 5.84. The molecule has 5 nitrogen and oxygen atoms in total. The van der Waals surface area contributed by atoms with Gasteiger partial charge in [-0.3, -0.25) is 4.79 Å². The van der Waals surface area contributed by atoms with Gasteiger partial charge in [0.05, 0.1) is 5.56 Å². The van der Waals surface area contributed by atoms with E-state index in [-0.39, 0.29) is 24.4 Å². The SMILES string of the molecule is O=C(COc1ccc(Oc2ccccc2)cc1)Cc1cccc(C(=O)O)c1. The van der Waals surface area contributed by atoms with Crippen LogP contribution in [-0.2, 0) is 11.2 Å². The van der Waals surface area contributed by atoms with E-state index >= 15 is 0 Å². The second-order valence-corrected chi connectivity index (χ2v) is 5.90. The Morgan fingerprint density at radius 1 is 0.778 bits per heavy atom. The van der Waals surface area contributed by atoms with Crippen molar-refractivity contribution < 1.29 is 24.2 Å². The summed E-state index contributed by atoms with van der Waals surface area (Å²) in [7, 11) is 0. The molecule has 0 aliphatic heterocycles. The molecule has 0 aliphatic carbocycles. The second-order valence-electron chi connectivity index (χ2n) is 5.90. The van der Waals surface area contributed by atoms with E-state index in [1.54, 1.807) is 36.4 Å². The first-order valence-electron chi connectivity index (χ1n) is 8.40. The highest BCUT2D eigenvalue weighted by Gasteiger charge is 2.08. The van der Waals surface area contributed by atoms with Gasteiger partial charge in [-0.15, -0.1) is 0 Å². The third-order valence-electron chi connectivity index (χ3n) is 3.78. The van der Waals surface area contributed by atoms with Crippen molar-refractivity contribution >= 4 is 11.8 Å². The van der Waals surface area contributed by atoms with Gasteiger partial charge in [0, 0.05) is 6.42 Å². The fraction of sp³-hybridized carbons (Fsp3) is 0.0909. The normalized spacial score (nSPS) is 10.2. The zero-order valence-electron chi connectivity index (χ0n) is 14.5. The quantitative estimate of drug-likeness (QED) is 0.644. The molecule has 3 rings (SSSR count). The molecule has 0 bridgehead atoms. The molecule has 27 heavy (non-hydrogen) atoms. The molecule has 0 aromatic heterocycles. The second kappa shape index (κ2) is 8.67. The highest BCUT2D eigenvalue weighted by Crippen LogP contribution is 2.23. The van der Waals surface area contributed by atoms with E-state index in [0.717, 1.165) is 5.75 Å². The number of para-hydroxylation sites is 1. The third kappa shape index (κ3) is 5.44. The van der Waals surface area contributed by atoms with Gasteiger partial charge in [-0.1, -0.05) is 30.3 Å². The van der Waals surface area contributed by atoms with Gasteiger partial charge >= 0.3 is 5.97 Å². The number of hydrogen-bond acceptors (Lipinski definition) is 4. The molecule has 0 saturated heterocycles. The number of carbonyl (C=O) groups excluding carboxylic acids is 1. The molecule has 5 heteroatoms. The molecule has 1 N–H and O–H groups in total.